The Hall–Kier alpha value is -1.23. The molecule has 2 N–H and O–H groups in total. The Morgan fingerprint density at radius 3 is 2.76 bits per heavy atom. The number of ether oxygens (including phenoxy) is 1. The topological polar surface area (TPSA) is 41.5 Å². The van der Waals surface area contributed by atoms with E-state index in [2.05, 4.69) is 21.2 Å². The van der Waals surface area contributed by atoms with E-state index in [9.17, 15) is 5.11 Å². The zero-order valence-corrected chi connectivity index (χ0v) is 14.0. The van der Waals surface area contributed by atoms with E-state index >= 15 is 0 Å². The summed E-state index contributed by atoms with van der Waals surface area (Å²) < 4.78 is 6.54. The third kappa shape index (κ3) is 4.92. The van der Waals surface area contributed by atoms with Crippen LogP contribution in [-0.4, -0.2) is 24.4 Å². The molecule has 3 nitrogen and oxygen atoms in total. The lowest BCUT2D eigenvalue weighted by Gasteiger charge is -2.16. The first kappa shape index (κ1) is 16.1. The number of para-hydroxylation sites is 1. The van der Waals surface area contributed by atoms with Crippen LogP contribution in [0.2, 0.25) is 5.02 Å². The Labute approximate surface area is 138 Å². The number of hydrogen-bond acceptors (Lipinski definition) is 3. The summed E-state index contributed by atoms with van der Waals surface area (Å²) in [6.45, 7) is 2.61. The molecule has 0 aromatic heterocycles. The first-order valence-corrected chi connectivity index (χ1v) is 7.79. The van der Waals surface area contributed by atoms with Gasteiger partial charge in [-0.2, -0.15) is 0 Å². The molecule has 1 unspecified atom stereocenters. The molecule has 0 heterocycles. The van der Waals surface area contributed by atoms with Crippen molar-refractivity contribution in [1.82, 2.24) is 0 Å². The zero-order valence-electron chi connectivity index (χ0n) is 11.6. The second kappa shape index (κ2) is 7.69. The average Bonchev–Trinajstić information content (AvgIpc) is 2.45. The Morgan fingerprint density at radius 2 is 2.05 bits per heavy atom. The molecular weight excluding hydrogens is 354 g/mol. The maximum absolute atomic E-state index is 9.97. The van der Waals surface area contributed by atoms with Crippen molar-refractivity contribution in [2.45, 2.75) is 13.0 Å². The van der Waals surface area contributed by atoms with E-state index in [4.69, 9.17) is 16.3 Å². The van der Waals surface area contributed by atoms with E-state index in [0.29, 0.717) is 17.3 Å². The standard InChI is InChI=1S/C16H17BrClNO2/c1-11-8-12(17)6-7-15(11)19-9-13(20)10-21-16-5-3-2-4-14(16)18/h2-8,13,19-20H,9-10H2,1H3. The normalized spacial score (nSPS) is 12.0. The van der Waals surface area contributed by atoms with Gasteiger partial charge < -0.3 is 15.2 Å². The Morgan fingerprint density at radius 1 is 1.29 bits per heavy atom. The summed E-state index contributed by atoms with van der Waals surface area (Å²) in [6, 6.07) is 13.2. The molecule has 0 fully saturated rings. The van der Waals surface area contributed by atoms with Gasteiger partial charge in [0.15, 0.2) is 0 Å². The molecule has 2 aromatic carbocycles. The predicted octanol–water partition coefficient (Wildman–Crippen LogP) is 4.26. The maximum atomic E-state index is 9.97. The van der Waals surface area contributed by atoms with E-state index < -0.39 is 6.10 Å². The molecule has 2 rings (SSSR count). The molecule has 0 aliphatic rings. The number of halogens is 2. The molecule has 21 heavy (non-hydrogen) atoms. The van der Waals surface area contributed by atoms with Gasteiger partial charge in [0.2, 0.25) is 0 Å². The van der Waals surface area contributed by atoms with Gasteiger partial charge in [-0.3, -0.25) is 0 Å². The highest BCUT2D eigenvalue weighted by Crippen LogP contribution is 2.23. The number of hydrogen-bond donors (Lipinski definition) is 2. The first-order valence-electron chi connectivity index (χ1n) is 6.61. The van der Waals surface area contributed by atoms with E-state index in [1.54, 1.807) is 12.1 Å². The minimum atomic E-state index is -0.621. The van der Waals surface area contributed by atoms with Crippen molar-refractivity contribution in [3.05, 3.63) is 57.5 Å². The Bertz CT molecular complexity index is 607. The van der Waals surface area contributed by atoms with Gasteiger partial charge >= 0.3 is 0 Å². The predicted molar refractivity (Wildman–Crippen MR) is 90.3 cm³/mol. The fourth-order valence-corrected chi connectivity index (χ4v) is 2.53. The Kier molecular flexibility index (Phi) is 5.91. The molecule has 0 bridgehead atoms. The lowest BCUT2D eigenvalue weighted by molar-refractivity contribution is 0.117. The number of aryl methyl sites for hydroxylation is 1. The summed E-state index contributed by atoms with van der Waals surface area (Å²) in [5, 5.41) is 13.7. The molecule has 0 spiro atoms. The van der Waals surface area contributed by atoms with Crippen molar-refractivity contribution in [2.75, 3.05) is 18.5 Å². The van der Waals surface area contributed by atoms with Crippen LogP contribution >= 0.6 is 27.5 Å². The van der Waals surface area contributed by atoms with Gasteiger partial charge in [0.05, 0.1) is 5.02 Å². The van der Waals surface area contributed by atoms with Crippen molar-refractivity contribution >= 4 is 33.2 Å². The van der Waals surface area contributed by atoms with E-state index in [-0.39, 0.29) is 6.61 Å². The fraction of sp³-hybridized carbons (Fsp3) is 0.250. The van der Waals surface area contributed by atoms with Crippen LogP contribution < -0.4 is 10.1 Å². The molecule has 2 aromatic rings. The van der Waals surface area contributed by atoms with Crippen LogP contribution in [0.4, 0.5) is 5.69 Å². The van der Waals surface area contributed by atoms with Crippen molar-refractivity contribution in [3.8, 4) is 5.75 Å². The third-order valence-electron chi connectivity index (χ3n) is 2.98. The lowest BCUT2D eigenvalue weighted by atomic mass is 10.2. The second-order valence-corrected chi connectivity index (χ2v) is 6.06. The van der Waals surface area contributed by atoms with Crippen molar-refractivity contribution in [3.63, 3.8) is 0 Å². The number of nitrogens with one attached hydrogen (secondary N) is 1. The minimum absolute atomic E-state index is 0.187. The zero-order chi connectivity index (χ0) is 15.2. The summed E-state index contributed by atoms with van der Waals surface area (Å²) in [4.78, 5) is 0. The van der Waals surface area contributed by atoms with Crippen LogP contribution in [0.3, 0.4) is 0 Å². The van der Waals surface area contributed by atoms with E-state index in [1.807, 2.05) is 37.3 Å². The highest BCUT2D eigenvalue weighted by atomic mass is 79.9. The van der Waals surface area contributed by atoms with Crippen molar-refractivity contribution in [2.24, 2.45) is 0 Å². The molecule has 0 radical (unpaired) electrons. The molecule has 0 amide bonds. The quantitative estimate of drug-likeness (QED) is 0.798. The SMILES string of the molecule is Cc1cc(Br)ccc1NCC(O)COc1ccccc1Cl. The average molecular weight is 371 g/mol. The third-order valence-corrected chi connectivity index (χ3v) is 3.79. The van der Waals surface area contributed by atoms with Gasteiger partial charge in [-0.25, -0.2) is 0 Å². The number of rotatable bonds is 6. The monoisotopic (exact) mass is 369 g/mol. The lowest BCUT2D eigenvalue weighted by Crippen LogP contribution is -2.26. The van der Waals surface area contributed by atoms with Gasteiger partial charge in [0.25, 0.3) is 0 Å². The van der Waals surface area contributed by atoms with Crippen LogP contribution in [0.15, 0.2) is 46.9 Å². The molecule has 0 saturated heterocycles. The molecule has 0 aliphatic carbocycles. The Balaban J connectivity index is 1.82. The maximum Gasteiger partial charge on any atom is 0.138 e. The number of anilines is 1. The molecular formula is C16H17BrClNO2. The number of aliphatic hydroxyl groups is 1. The number of aliphatic hydroxyl groups excluding tert-OH is 1. The summed E-state index contributed by atoms with van der Waals surface area (Å²) in [7, 11) is 0. The highest BCUT2D eigenvalue weighted by molar-refractivity contribution is 9.10. The molecule has 0 saturated carbocycles. The summed E-state index contributed by atoms with van der Waals surface area (Å²) in [5.41, 5.74) is 2.11. The molecule has 0 aliphatic heterocycles. The summed E-state index contributed by atoms with van der Waals surface area (Å²) in [6.07, 6.45) is -0.621. The van der Waals surface area contributed by atoms with E-state index in [0.717, 1.165) is 15.7 Å². The van der Waals surface area contributed by atoms with Gasteiger partial charge in [0, 0.05) is 16.7 Å². The second-order valence-electron chi connectivity index (χ2n) is 4.74. The molecule has 5 heteroatoms. The van der Waals surface area contributed by atoms with Crippen molar-refractivity contribution in [1.29, 1.82) is 0 Å². The van der Waals surface area contributed by atoms with Crippen LogP contribution in [0.1, 0.15) is 5.56 Å². The van der Waals surface area contributed by atoms with Crippen molar-refractivity contribution < 1.29 is 9.84 Å². The molecule has 1 atom stereocenters. The first-order chi connectivity index (χ1) is 10.1. The molecule has 112 valence electrons. The number of benzene rings is 2. The summed E-state index contributed by atoms with van der Waals surface area (Å²) in [5.74, 6) is 0.582. The van der Waals surface area contributed by atoms with E-state index in [1.165, 1.54) is 0 Å². The smallest absolute Gasteiger partial charge is 0.138 e. The summed E-state index contributed by atoms with van der Waals surface area (Å²) >= 11 is 9.41. The van der Waals surface area contributed by atoms with Crippen LogP contribution in [-0.2, 0) is 0 Å². The largest absolute Gasteiger partial charge is 0.489 e. The van der Waals surface area contributed by atoms with Crippen LogP contribution in [0.5, 0.6) is 5.75 Å². The minimum Gasteiger partial charge on any atom is -0.489 e. The van der Waals surface area contributed by atoms with Crippen LogP contribution in [0, 0.1) is 6.92 Å². The highest BCUT2D eigenvalue weighted by Gasteiger charge is 2.08. The fourth-order valence-electron chi connectivity index (χ4n) is 1.86. The van der Waals surface area contributed by atoms with Crippen LogP contribution in [0.25, 0.3) is 0 Å². The van der Waals surface area contributed by atoms with Gasteiger partial charge in [-0.15, -0.1) is 0 Å². The van der Waals surface area contributed by atoms with Gasteiger partial charge in [-0.05, 0) is 42.8 Å². The van der Waals surface area contributed by atoms with Gasteiger partial charge in [0.1, 0.15) is 18.5 Å². The van der Waals surface area contributed by atoms with Gasteiger partial charge in [-0.1, -0.05) is 39.7 Å².